The summed E-state index contributed by atoms with van der Waals surface area (Å²) in [5.74, 6) is 1.46. The summed E-state index contributed by atoms with van der Waals surface area (Å²) in [6.07, 6.45) is 1.82. The molecule has 244 valence electrons. The third-order valence-electron chi connectivity index (χ3n) is 9.67. The highest BCUT2D eigenvalue weighted by Crippen LogP contribution is 2.38. The zero-order valence-electron chi connectivity index (χ0n) is 25.1. The fraction of sp³-hybridized carbons (Fsp3) is 0.600. The number of rotatable bonds is 13. The van der Waals surface area contributed by atoms with E-state index in [1.165, 1.54) is 17.2 Å². The van der Waals surface area contributed by atoms with Crippen LogP contribution >= 0.6 is 0 Å². The Balaban J connectivity index is 1.08. The van der Waals surface area contributed by atoms with E-state index in [2.05, 4.69) is 19.9 Å². The molecule has 9 N–H and O–H groups in total. The van der Waals surface area contributed by atoms with Crippen LogP contribution < -0.4 is 5.73 Å². The number of hydrogen-bond donors (Lipinski definition) is 8. The molecule has 45 heavy (non-hydrogen) atoms. The highest BCUT2D eigenvalue weighted by molar-refractivity contribution is 5.81. The van der Waals surface area contributed by atoms with Crippen molar-refractivity contribution in [1.29, 1.82) is 0 Å². The van der Waals surface area contributed by atoms with Gasteiger partial charge < -0.3 is 46.1 Å². The van der Waals surface area contributed by atoms with Gasteiger partial charge in [0.05, 0.1) is 49.8 Å². The molecule has 15 nitrogen and oxygen atoms in total. The Bertz CT molecular complexity index is 1600. The fourth-order valence-corrected chi connectivity index (χ4v) is 6.57. The van der Waals surface area contributed by atoms with Gasteiger partial charge in [-0.15, -0.1) is 0 Å². The predicted molar refractivity (Wildman–Crippen MR) is 163 cm³/mol. The number of imidazole rings is 2. The Hall–Kier alpha value is -3.28. The molecule has 1 aliphatic carbocycles. The largest absolute Gasteiger partial charge is 0.395 e. The summed E-state index contributed by atoms with van der Waals surface area (Å²) in [5.41, 5.74) is 8.44. The number of aromatic amines is 1. The van der Waals surface area contributed by atoms with E-state index in [1.54, 1.807) is 0 Å². The molecule has 4 unspecified atom stereocenters. The SMILES string of the molecule is CC(CO)(CO)c1ccc2nc(CCC3CC(N(CC4OC(n5cnc6c(N)ncnc65)C(O)C4O)C(CO)CO)C3)[nH]c2c1. The average molecular weight is 627 g/mol. The number of aromatic nitrogens is 6. The molecule has 6 rings (SSSR count). The van der Waals surface area contributed by atoms with Gasteiger partial charge in [-0.05, 0) is 42.9 Å². The highest BCUT2D eigenvalue weighted by Gasteiger charge is 2.47. The molecule has 0 amide bonds. The number of hydrogen-bond acceptors (Lipinski definition) is 13. The van der Waals surface area contributed by atoms with Gasteiger partial charge >= 0.3 is 0 Å². The van der Waals surface area contributed by atoms with Gasteiger partial charge in [-0.2, -0.15) is 0 Å². The third kappa shape index (κ3) is 5.90. The van der Waals surface area contributed by atoms with Gasteiger partial charge in [0.1, 0.15) is 36.0 Å². The molecule has 1 aliphatic heterocycles. The van der Waals surface area contributed by atoms with Crippen molar-refractivity contribution in [2.45, 2.75) is 74.6 Å². The second-order valence-corrected chi connectivity index (χ2v) is 12.7. The summed E-state index contributed by atoms with van der Waals surface area (Å²) in [4.78, 5) is 22.5. The van der Waals surface area contributed by atoms with Crippen molar-refractivity contribution in [1.82, 2.24) is 34.4 Å². The fourth-order valence-electron chi connectivity index (χ4n) is 6.57. The number of ether oxygens (including phenoxy) is 1. The molecule has 3 aromatic heterocycles. The highest BCUT2D eigenvalue weighted by atomic mass is 16.6. The number of nitrogen functional groups attached to an aromatic ring is 1. The molecule has 1 aromatic carbocycles. The van der Waals surface area contributed by atoms with E-state index in [0.29, 0.717) is 17.1 Å². The van der Waals surface area contributed by atoms with Crippen molar-refractivity contribution in [2.75, 3.05) is 38.7 Å². The number of nitrogens with zero attached hydrogens (tertiary/aromatic N) is 6. The summed E-state index contributed by atoms with van der Waals surface area (Å²) in [7, 11) is 0. The number of nitrogens with one attached hydrogen (secondary N) is 1. The third-order valence-corrected chi connectivity index (χ3v) is 9.67. The molecule has 0 spiro atoms. The molecule has 0 radical (unpaired) electrons. The van der Waals surface area contributed by atoms with Crippen LogP contribution in [0.15, 0.2) is 30.9 Å². The number of nitrogens with two attached hydrogens (primary N) is 1. The van der Waals surface area contributed by atoms with Crippen LogP contribution in [0, 0.1) is 5.92 Å². The predicted octanol–water partition coefficient (Wildman–Crippen LogP) is -0.787. The van der Waals surface area contributed by atoms with Gasteiger partial charge in [-0.1, -0.05) is 13.0 Å². The van der Waals surface area contributed by atoms with Gasteiger partial charge in [0.25, 0.3) is 0 Å². The Kier molecular flexibility index (Phi) is 9.05. The van der Waals surface area contributed by atoms with Gasteiger partial charge in [0, 0.05) is 24.4 Å². The molecule has 4 atom stereocenters. The Labute approximate surface area is 259 Å². The summed E-state index contributed by atoms with van der Waals surface area (Å²) in [5, 5.41) is 61.5. The van der Waals surface area contributed by atoms with Crippen LogP contribution in [-0.2, 0) is 16.6 Å². The van der Waals surface area contributed by atoms with E-state index in [4.69, 9.17) is 15.5 Å². The van der Waals surface area contributed by atoms with E-state index in [1.807, 2.05) is 30.0 Å². The maximum atomic E-state index is 11.0. The van der Waals surface area contributed by atoms with Crippen molar-refractivity contribution in [2.24, 2.45) is 5.92 Å². The molecule has 4 heterocycles. The molecular weight excluding hydrogens is 584 g/mol. The van der Waals surface area contributed by atoms with E-state index >= 15 is 0 Å². The minimum Gasteiger partial charge on any atom is -0.395 e. The van der Waals surface area contributed by atoms with E-state index in [9.17, 15) is 30.6 Å². The lowest BCUT2D eigenvalue weighted by atomic mass is 9.76. The minimum atomic E-state index is -1.26. The van der Waals surface area contributed by atoms with E-state index in [-0.39, 0.29) is 44.8 Å². The number of anilines is 1. The van der Waals surface area contributed by atoms with E-state index in [0.717, 1.165) is 48.1 Å². The zero-order chi connectivity index (χ0) is 31.9. The molecule has 1 saturated heterocycles. The molecule has 15 heteroatoms. The number of aryl methyl sites for hydroxylation is 1. The lowest BCUT2D eigenvalue weighted by Crippen LogP contribution is -2.56. The van der Waals surface area contributed by atoms with Gasteiger partial charge in [0.2, 0.25) is 0 Å². The molecule has 4 aromatic rings. The first-order valence-electron chi connectivity index (χ1n) is 15.3. The molecule has 2 fully saturated rings. The lowest BCUT2D eigenvalue weighted by Gasteiger charge is -2.46. The summed E-state index contributed by atoms with van der Waals surface area (Å²) in [6, 6.07) is 5.23. The smallest absolute Gasteiger partial charge is 0.167 e. The van der Waals surface area contributed by atoms with Crippen molar-refractivity contribution in [3.05, 3.63) is 42.2 Å². The van der Waals surface area contributed by atoms with Crippen LogP contribution in [0.25, 0.3) is 22.2 Å². The maximum Gasteiger partial charge on any atom is 0.167 e. The number of aliphatic hydroxyl groups is 6. The maximum absolute atomic E-state index is 11.0. The monoisotopic (exact) mass is 626 g/mol. The first kappa shape index (κ1) is 31.7. The zero-order valence-corrected chi connectivity index (χ0v) is 25.1. The summed E-state index contributed by atoms with van der Waals surface area (Å²) < 4.78 is 7.67. The second-order valence-electron chi connectivity index (χ2n) is 12.7. The molecule has 0 bridgehead atoms. The first-order valence-corrected chi connectivity index (χ1v) is 15.3. The Morgan fingerprint density at radius 3 is 2.56 bits per heavy atom. The number of fused-ring (bicyclic) bond motifs is 2. The second kappa shape index (κ2) is 12.8. The van der Waals surface area contributed by atoms with Crippen molar-refractivity contribution in [3.63, 3.8) is 0 Å². The number of H-pyrrole nitrogens is 1. The standard InChI is InChI=1S/C30H42N8O7/c1-30(12-41,13-42)17-3-4-20-21(8-17)36-23(35-20)5-2-16-6-18(7-16)37(19(10-39)11-40)9-22-25(43)26(44)29(45-22)38-15-34-24-27(31)32-14-33-28(24)38/h3-4,8,14-16,18-19,22,25-26,29,39-44H,2,5-7,9-13H2,1H3,(H,35,36)(H2,31,32,33). The van der Waals surface area contributed by atoms with Gasteiger partial charge in [0.15, 0.2) is 17.7 Å². The summed E-state index contributed by atoms with van der Waals surface area (Å²) in [6.45, 7) is 1.16. The van der Waals surface area contributed by atoms with E-state index < -0.39 is 36.0 Å². The number of aliphatic hydroxyl groups excluding tert-OH is 6. The quantitative estimate of drug-likeness (QED) is 0.0910. The Morgan fingerprint density at radius 2 is 1.84 bits per heavy atom. The lowest BCUT2D eigenvalue weighted by molar-refractivity contribution is -0.0759. The topological polar surface area (TPSA) is 232 Å². The van der Waals surface area contributed by atoms with Crippen LogP contribution in [0.4, 0.5) is 5.82 Å². The van der Waals surface area contributed by atoms with Crippen molar-refractivity contribution < 1.29 is 35.4 Å². The van der Waals surface area contributed by atoms with Crippen LogP contribution in [-0.4, -0.2) is 128 Å². The van der Waals surface area contributed by atoms with Gasteiger partial charge in [-0.25, -0.2) is 19.9 Å². The average Bonchev–Trinajstić information content (AvgIpc) is 3.72. The first-order chi connectivity index (χ1) is 21.7. The normalized spacial score (nSPS) is 25.6. The molecule has 2 aliphatic rings. The van der Waals surface area contributed by atoms with Crippen LogP contribution in [0.2, 0.25) is 0 Å². The van der Waals surface area contributed by atoms with Crippen LogP contribution in [0.1, 0.15) is 43.8 Å². The Morgan fingerprint density at radius 1 is 1.09 bits per heavy atom. The molecule has 1 saturated carbocycles. The van der Waals surface area contributed by atoms with Crippen molar-refractivity contribution in [3.8, 4) is 0 Å². The van der Waals surface area contributed by atoms with Crippen molar-refractivity contribution >= 4 is 28.0 Å². The van der Waals surface area contributed by atoms with Crippen LogP contribution in [0.3, 0.4) is 0 Å². The number of benzene rings is 1. The summed E-state index contributed by atoms with van der Waals surface area (Å²) >= 11 is 0. The van der Waals surface area contributed by atoms with Crippen LogP contribution in [0.5, 0.6) is 0 Å². The molecular formula is C30H42N8O7. The van der Waals surface area contributed by atoms with Gasteiger partial charge in [-0.3, -0.25) is 9.47 Å². The minimum absolute atomic E-state index is 0.0563.